The molecule has 1 aliphatic rings. The van der Waals surface area contributed by atoms with Crippen LogP contribution >= 0.6 is 0 Å². The van der Waals surface area contributed by atoms with Gasteiger partial charge in [0.1, 0.15) is 18.5 Å². The van der Waals surface area contributed by atoms with Gasteiger partial charge in [0.05, 0.1) is 12.7 Å². The highest BCUT2D eigenvalue weighted by Crippen LogP contribution is 2.35. The largest absolute Gasteiger partial charge is 0.497 e. The second-order valence-corrected chi connectivity index (χ2v) is 5.41. The van der Waals surface area contributed by atoms with Crippen molar-refractivity contribution in [1.29, 1.82) is 0 Å². The van der Waals surface area contributed by atoms with E-state index in [1.54, 1.807) is 42.5 Å². The molecule has 3 rings (SSSR count). The summed E-state index contributed by atoms with van der Waals surface area (Å²) in [7, 11) is 1.50. The van der Waals surface area contributed by atoms with Crippen LogP contribution in [0.1, 0.15) is 22.1 Å². The fourth-order valence-corrected chi connectivity index (χ4v) is 2.70. The van der Waals surface area contributed by atoms with E-state index < -0.39 is 24.8 Å². The number of methoxy groups -OCH3 is 1. The Labute approximate surface area is 136 Å². The second kappa shape index (κ2) is 6.07. The lowest BCUT2D eigenvalue weighted by Crippen LogP contribution is -2.47. The molecule has 0 radical (unpaired) electrons. The lowest BCUT2D eigenvalue weighted by molar-refractivity contribution is -0.144. The second-order valence-electron chi connectivity index (χ2n) is 5.41. The van der Waals surface area contributed by atoms with Crippen molar-refractivity contribution < 1.29 is 22.7 Å². The molecule has 1 amide bonds. The molecule has 1 aliphatic heterocycles. The average molecular weight is 336 g/mol. The number of nitrogens with one attached hydrogen (secondary N) is 1. The monoisotopic (exact) mass is 336 g/mol. The average Bonchev–Trinajstić information content (AvgIpc) is 2.56. The number of benzene rings is 2. The van der Waals surface area contributed by atoms with Crippen LogP contribution in [0.2, 0.25) is 0 Å². The van der Waals surface area contributed by atoms with Crippen LogP contribution in [-0.4, -0.2) is 30.6 Å². The fourth-order valence-electron chi connectivity index (χ4n) is 2.70. The van der Waals surface area contributed by atoms with E-state index in [1.165, 1.54) is 13.2 Å². The van der Waals surface area contributed by atoms with Gasteiger partial charge >= 0.3 is 6.18 Å². The zero-order valence-electron chi connectivity index (χ0n) is 12.8. The number of anilines is 1. The third-order valence-electron chi connectivity index (χ3n) is 3.80. The van der Waals surface area contributed by atoms with Crippen LogP contribution in [0.15, 0.2) is 48.5 Å². The summed E-state index contributed by atoms with van der Waals surface area (Å²) in [5.74, 6) is -0.0637. The minimum atomic E-state index is -4.49. The highest BCUT2D eigenvalue weighted by atomic mass is 19.4. The highest BCUT2D eigenvalue weighted by molar-refractivity contribution is 6.01. The maximum atomic E-state index is 13.0. The van der Waals surface area contributed by atoms with Gasteiger partial charge in [0.2, 0.25) is 0 Å². The van der Waals surface area contributed by atoms with Crippen molar-refractivity contribution in [1.82, 2.24) is 4.90 Å². The maximum absolute atomic E-state index is 13.0. The molecule has 0 fully saturated rings. The summed E-state index contributed by atoms with van der Waals surface area (Å²) in [4.78, 5) is 13.4. The summed E-state index contributed by atoms with van der Waals surface area (Å²) in [6.07, 6.45) is -5.39. The molecule has 1 unspecified atom stereocenters. The first-order valence-electron chi connectivity index (χ1n) is 7.26. The van der Waals surface area contributed by atoms with Crippen molar-refractivity contribution in [3.8, 4) is 5.75 Å². The molecule has 0 saturated heterocycles. The van der Waals surface area contributed by atoms with E-state index in [2.05, 4.69) is 5.32 Å². The Morgan fingerprint density at radius 1 is 1.12 bits per heavy atom. The van der Waals surface area contributed by atoms with Gasteiger partial charge in [-0.15, -0.1) is 0 Å². The molecule has 0 saturated carbocycles. The lowest BCUT2D eigenvalue weighted by atomic mass is 10.0. The Morgan fingerprint density at radius 3 is 2.42 bits per heavy atom. The smallest absolute Gasteiger partial charge is 0.406 e. The summed E-state index contributed by atoms with van der Waals surface area (Å²) >= 11 is 0. The van der Waals surface area contributed by atoms with Crippen molar-refractivity contribution in [2.24, 2.45) is 0 Å². The maximum Gasteiger partial charge on any atom is 0.406 e. The Balaban J connectivity index is 2.01. The Kier molecular flexibility index (Phi) is 4.09. The first-order valence-corrected chi connectivity index (χ1v) is 7.26. The van der Waals surface area contributed by atoms with E-state index >= 15 is 0 Å². The molecule has 2 aromatic rings. The number of ether oxygens (including phenoxy) is 1. The first kappa shape index (κ1) is 16.2. The molecule has 4 nitrogen and oxygen atoms in total. The third kappa shape index (κ3) is 3.15. The lowest BCUT2D eigenvalue weighted by Gasteiger charge is -2.38. The number of nitrogens with zero attached hydrogens (tertiary/aromatic N) is 1. The molecule has 0 aliphatic carbocycles. The molecule has 1 heterocycles. The van der Waals surface area contributed by atoms with Crippen molar-refractivity contribution >= 4 is 11.6 Å². The van der Waals surface area contributed by atoms with Crippen molar-refractivity contribution in [2.45, 2.75) is 12.3 Å². The molecule has 0 aromatic heterocycles. The van der Waals surface area contributed by atoms with E-state index in [-0.39, 0.29) is 5.56 Å². The quantitative estimate of drug-likeness (QED) is 0.926. The van der Waals surface area contributed by atoms with E-state index in [1.807, 2.05) is 0 Å². The minimum Gasteiger partial charge on any atom is -0.497 e. The van der Waals surface area contributed by atoms with Gasteiger partial charge in [-0.3, -0.25) is 4.79 Å². The molecule has 1 N–H and O–H groups in total. The van der Waals surface area contributed by atoms with Gasteiger partial charge in [-0.05, 0) is 29.8 Å². The summed E-state index contributed by atoms with van der Waals surface area (Å²) in [6, 6.07) is 13.1. The van der Waals surface area contributed by atoms with Gasteiger partial charge in [0.15, 0.2) is 0 Å². The number of rotatable bonds is 3. The minimum absolute atomic E-state index is 0.228. The predicted molar refractivity (Wildman–Crippen MR) is 82.9 cm³/mol. The number of fused-ring (bicyclic) bond motifs is 1. The van der Waals surface area contributed by atoms with Crippen LogP contribution in [0.25, 0.3) is 0 Å². The van der Waals surface area contributed by atoms with Crippen LogP contribution in [0.4, 0.5) is 18.9 Å². The van der Waals surface area contributed by atoms with Crippen LogP contribution in [0, 0.1) is 0 Å². The molecule has 0 bridgehead atoms. The molecule has 126 valence electrons. The number of hydrogen-bond acceptors (Lipinski definition) is 3. The number of alkyl halides is 3. The number of para-hydroxylation sites is 1. The predicted octanol–water partition coefficient (Wildman–Crippen LogP) is 3.82. The molecule has 7 heteroatoms. The summed E-state index contributed by atoms with van der Waals surface area (Å²) in [5, 5.41) is 3.02. The van der Waals surface area contributed by atoms with Crippen molar-refractivity contribution in [2.75, 3.05) is 19.0 Å². The van der Waals surface area contributed by atoms with Gasteiger partial charge in [-0.25, -0.2) is 0 Å². The number of carbonyl (C=O) groups is 1. The van der Waals surface area contributed by atoms with E-state index in [9.17, 15) is 18.0 Å². The van der Waals surface area contributed by atoms with E-state index in [0.29, 0.717) is 17.0 Å². The number of amides is 1. The van der Waals surface area contributed by atoms with Crippen LogP contribution < -0.4 is 10.1 Å². The summed E-state index contributed by atoms with van der Waals surface area (Å²) < 4.78 is 43.9. The molecule has 24 heavy (non-hydrogen) atoms. The molecule has 2 aromatic carbocycles. The van der Waals surface area contributed by atoms with E-state index in [0.717, 1.165) is 4.90 Å². The molecular formula is C17H15F3N2O2. The summed E-state index contributed by atoms with van der Waals surface area (Å²) in [5.41, 5.74) is 1.29. The van der Waals surface area contributed by atoms with Gasteiger partial charge < -0.3 is 15.0 Å². The molecule has 1 atom stereocenters. The topological polar surface area (TPSA) is 41.6 Å². The zero-order chi connectivity index (χ0) is 17.3. The van der Waals surface area contributed by atoms with Crippen molar-refractivity contribution in [3.05, 3.63) is 59.7 Å². The third-order valence-corrected chi connectivity index (χ3v) is 3.80. The zero-order valence-corrected chi connectivity index (χ0v) is 12.8. The summed E-state index contributed by atoms with van der Waals surface area (Å²) in [6.45, 7) is -1.33. The standard InChI is InChI=1S/C17H15F3N2O2/c1-24-12-8-6-11(7-9-12)15-21-14-5-3-2-4-13(14)16(23)22(15)10-17(18,19)20/h2-9,15,21H,10H2,1H3. The Morgan fingerprint density at radius 2 is 1.79 bits per heavy atom. The van der Waals surface area contributed by atoms with Crippen LogP contribution in [0.3, 0.4) is 0 Å². The fraction of sp³-hybridized carbons (Fsp3) is 0.235. The first-order chi connectivity index (χ1) is 11.4. The molecular weight excluding hydrogens is 321 g/mol. The van der Waals surface area contributed by atoms with Gasteiger partial charge in [-0.2, -0.15) is 13.2 Å². The van der Waals surface area contributed by atoms with E-state index in [4.69, 9.17) is 4.74 Å². The van der Waals surface area contributed by atoms with Crippen LogP contribution in [-0.2, 0) is 0 Å². The Bertz CT molecular complexity index is 744. The van der Waals surface area contributed by atoms with Crippen LogP contribution in [0.5, 0.6) is 5.75 Å². The normalized spacial score (nSPS) is 17.2. The SMILES string of the molecule is COc1ccc(C2Nc3ccccc3C(=O)N2CC(F)(F)F)cc1. The number of hydrogen-bond donors (Lipinski definition) is 1. The number of carbonyl (C=O) groups excluding carboxylic acids is 1. The van der Waals surface area contributed by atoms with Gasteiger partial charge in [0.25, 0.3) is 5.91 Å². The number of halogens is 3. The highest BCUT2D eigenvalue weighted by Gasteiger charge is 2.40. The van der Waals surface area contributed by atoms with Gasteiger partial charge in [0, 0.05) is 5.69 Å². The molecule has 0 spiro atoms. The Hall–Kier alpha value is -2.70. The van der Waals surface area contributed by atoms with Crippen molar-refractivity contribution in [3.63, 3.8) is 0 Å². The van der Waals surface area contributed by atoms with Gasteiger partial charge in [-0.1, -0.05) is 24.3 Å².